The summed E-state index contributed by atoms with van der Waals surface area (Å²) >= 11 is 0. The molecule has 0 spiro atoms. The molecule has 1 nitrogen and oxygen atoms in total. The summed E-state index contributed by atoms with van der Waals surface area (Å²) in [5, 5.41) is 12.3. The zero-order valence-corrected chi connectivity index (χ0v) is 10.6. The maximum Gasteiger partial charge on any atom is 0.380 e. The van der Waals surface area contributed by atoms with Gasteiger partial charge in [0.05, 0.1) is 0 Å². The smallest absolute Gasteiger partial charge is 0.380 e. The van der Waals surface area contributed by atoms with Gasteiger partial charge in [-0.2, -0.15) is 85.0 Å². The Balaban J connectivity index is 2.27. The molecule has 0 aliphatic rings. The minimum atomic E-state index is -4.83. The predicted octanol–water partition coefficient (Wildman–Crippen LogP) is 2.73. The summed E-state index contributed by atoms with van der Waals surface area (Å²) in [4.78, 5) is 0. The van der Waals surface area contributed by atoms with Gasteiger partial charge in [0, 0.05) is 0 Å². The fourth-order valence-electron chi connectivity index (χ4n) is 1.96. The molecule has 0 heterocycles. The van der Waals surface area contributed by atoms with Crippen LogP contribution in [0.15, 0.2) is 48.5 Å². The second-order valence-corrected chi connectivity index (χ2v) is 4.62. The first-order valence-electron chi connectivity index (χ1n) is 6.09. The molecule has 0 unspecified atom stereocenters. The van der Waals surface area contributed by atoms with Crippen LogP contribution in [-0.2, 0) is 12.8 Å². The van der Waals surface area contributed by atoms with Crippen LogP contribution in [0, 0.1) is 12.1 Å². The Bertz CT molecular complexity index is 493. The summed E-state index contributed by atoms with van der Waals surface area (Å²) in [6, 6.07) is 17.8. The maximum absolute atomic E-state index is 13.1. The molecule has 4 heteroatoms. The molecule has 2 aromatic rings. The highest BCUT2D eigenvalue weighted by Gasteiger charge is 2.43. The van der Waals surface area contributed by atoms with E-state index in [0.29, 0.717) is 0 Å². The highest BCUT2D eigenvalue weighted by atomic mass is 19.4. The van der Waals surface area contributed by atoms with Crippen molar-refractivity contribution in [3.05, 3.63) is 71.8 Å². The topological polar surface area (TPSA) is 23.1 Å². The number of benzene rings is 2. The summed E-state index contributed by atoms with van der Waals surface area (Å²) < 4.78 is 39.4. The lowest BCUT2D eigenvalue weighted by Gasteiger charge is -2.44. The van der Waals surface area contributed by atoms with Crippen LogP contribution >= 0.6 is 0 Å². The van der Waals surface area contributed by atoms with E-state index in [0.717, 1.165) is 0 Å². The van der Waals surface area contributed by atoms with Crippen LogP contribution in [0.5, 0.6) is 0 Å². The quantitative estimate of drug-likeness (QED) is 0.788. The first-order valence-corrected chi connectivity index (χ1v) is 6.09. The molecule has 2 aromatic carbocycles. The summed E-state index contributed by atoms with van der Waals surface area (Å²) in [7, 11) is 0. The van der Waals surface area contributed by atoms with Crippen LogP contribution in [0.3, 0.4) is 0 Å². The van der Waals surface area contributed by atoms with Crippen molar-refractivity contribution in [2.75, 3.05) is 0 Å². The molecular formula is C16H12F3O-3. The van der Waals surface area contributed by atoms with Gasteiger partial charge < -0.3 is 5.11 Å². The van der Waals surface area contributed by atoms with Gasteiger partial charge >= 0.3 is 6.18 Å². The largest absolute Gasteiger partial charge is 0.843 e. The minimum absolute atomic E-state index is 0.260. The van der Waals surface area contributed by atoms with Crippen molar-refractivity contribution in [2.45, 2.75) is 24.6 Å². The van der Waals surface area contributed by atoms with E-state index >= 15 is 0 Å². The Kier molecular flexibility index (Phi) is 4.14. The third-order valence-corrected chi connectivity index (χ3v) is 3.02. The molecule has 0 aliphatic carbocycles. The van der Waals surface area contributed by atoms with Crippen LogP contribution in [0.2, 0.25) is 0 Å². The number of alkyl halides is 3. The highest BCUT2D eigenvalue weighted by molar-refractivity contribution is 5.21. The van der Waals surface area contributed by atoms with E-state index in [1.807, 2.05) is 0 Å². The van der Waals surface area contributed by atoms with E-state index in [1.165, 1.54) is 24.3 Å². The Morgan fingerprint density at radius 1 is 0.850 bits per heavy atom. The standard InChI is InChI=1S/C16H12F3O/c17-16(18,19)15(20,11-13-7-3-1-4-8-13)12-14-9-5-2-6-10-14/h1-7,9H,11-12H2/q-3. The molecule has 0 aliphatic heterocycles. The van der Waals surface area contributed by atoms with Crippen LogP contribution in [-0.4, -0.2) is 11.8 Å². The van der Waals surface area contributed by atoms with E-state index in [9.17, 15) is 18.3 Å². The van der Waals surface area contributed by atoms with E-state index in [2.05, 4.69) is 12.1 Å². The van der Waals surface area contributed by atoms with Crippen LogP contribution in [0.4, 0.5) is 13.2 Å². The molecule has 0 amide bonds. The van der Waals surface area contributed by atoms with Crippen molar-refractivity contribution in [1.29, 1.82) is 0 Å². The van der Waals surface area contributed by atoms with Gasteiger partial charge in [0.15, 0.2) is 0 Å². The first-order chi connectivity index (χ1) is 9.41. The summed E-state index contributed by atoms with van der Waals surface area (Å²) in [6.07, 6.45) is -6.11. The molecule has 0 radical (unpaired) electrons. The molecule has 0 fully saturated rings. The molecular weight excluding hydrogens is 265 g/mol. The average molecular weight is 277 g/mol. The molecule has 106 valence electrons. The number of hydrogen-bond donors (Lipinski definition) is 0. The number of rotatable bonds is 4. The van der Waals surface area contributed by atoms with Gasteiger partial charge in [-0.3, -0.25) is 0 Å². The maximum atomic E-state index is 13.1. The van der Waals surface area contributed by atoms with Gasteiger partial charge in [0.1, 0.15) is 0 Å². The molecule has 2 rings (SSSR count). The second kappa shape index (κ2) is 5.67. The predicted molar refractivity (Wildman–Crippen MR) is 66.8 cm³/mol. The monoisotopic (exact) mass is 277 g/mol. The van der Waals surface area contributed by atoms with Crippen molar-refractivity contribution in [2.24, 2.45) is 0 Å². The van der Waals surface area contributed by atoms with Gasteiger partial charge in [0.25, 0.3) is 0 Å². The summed E-state index contributed by atoms with van der Waals surface area (Å²) in [5.41, 5.74) is -2.55. The van der Waals surface area contributed by atoms with Crippen molar-refractivity contribution in [1.82, 2.24) is 0 Å². The molecule has 0 atom stereocenters. The molecule has 0 saturated carbocycles. The fourth-order valence-corrected chi connectivity index (χ4v) is 1.96. The van der Waals surface area contributed by atoms with Crippen molar-refractivity contribution < 1.29 is 18.3 Å². The van der Waals surface area contributed by atoms with Crippen molar-refractivity contribution >= 4 is 0 Å². The fraction of sp³-hybridized carbons (Fsp3) is 0.250. The van der Waals surface area contributed by atoms with Gasteiger partial charge in [-0.15, -0.1) is 0 Å². The van der Waals surface area contributed by atoms with Gasteiger partial charge in [-0.25, -0.2) is 0 Å². The highest BCUT2D eigenvalue weighted by Crippen LogP contribution is 2.33. The Labute approximate surface area is 115 Å². The Morgan fingerprint density at radius 3 is 1.60 bits per heavy atom. The van der Waals surface area contributed by atoms with Gasteiger partial charge in [-0.1, -0.05) is 12.8 Å². The SMILES string of the molecule is [O-]C(Cc1[c-]cccc1)(Cc1[c-]cccc1)C(F)(F)F. The molecule has 0 saturated heterocycles. The van der Waals surface area contributed by atoms with E-state index in [-0.39, 0.29) is 11.1 Å². The van der Waals surface area contributed by atoms with Crippen LogP contribution < -0.4 is 5.11 Å². The van der Waals surface area contributed by atoms with Crippen molar-refractivity contribution in [3.8, 4) is 0 Å². The third kappa shape index (κ3) is 3.39. The van der Waals surface area contributed by atoms with Gasteiger partial charge in [0.2, 0.25) is 0 Å². The first kappa shape index (κ1) is 14.6. The lowest BCUT2D eigenvalue weighted by atomic mass is 9.87. The van der Waals surface area contributed by atoms with Crippen molar-refractivity contribution in [3.63, 3.8) is 0 Å². The molecule has 0 N–H and O–H groups in total. The summed E-state index contributed by atoms with van der Waals surface area (Å²) in [6.45, 7) is 0. The second-order valence-electron chi connectivity index (χ2n) is 4.62. The zero-order valence-electron chi connectivity index (χ0n) is 10.6. The van der Waals surface area contributed by atoms with E-state index in [4.69, 9.17) is 0 Å². The Morgan fingerprint density at radius 2 is 1.30 bits per heavy atom. The van der Waals surface area contributed by atoms with Gasteiger partial charge in [-0.05, 0) is 5.60 Å². The third-order valence-electron chi connectivity index (χ3n) is 3.02. The van der Waals surface area contributed by atoms with Crippen LogP contribution in [0.25, 0.3) is 0 Å². The average Bonchev–Trinajstić information content (AvgIpc) is 2.39. The molecule has 0 bridgehead atoms. The normalized spacial score (nSPS) is 12.4. The lowest BCUT2D eigenvalue weighted by molar-refractivity contribution is -0.539. The lowest BCUT2D eigenvalue weighted by Crippen LogP contribution is -2.59. The van der Waals surface area contributed by atoms with Crippen LogP contribution in [0.1, 0.15) is 11.1 Å². The summed E-state index contributed by atoms with van der Waals surface area (Å²) in [5.74, 6) is 0. The number of halogens is 3. The van der Waals surface area contributed by atoms with E-state index < -0.39 is 24.6 Å². The zero-order chi connectivity index (χ0) is 14.6. The Hall–Kier alpha value is -1.81. The minimum Gasteiger partial charge on any atom is -0.843 e. The molecule has 20 heavy (non-hydrogen) atoms. The molecule has 0 aromatic heterocycles. The van der Waals surface area contributed by atoms with E-state index in [1.54, 1.807) is 24.3 Å². The number of hydrogen-bond acceptors (Lipinski definition) is 1.